The van der Waals surface area contributed by atoms with Gasteiger partial charge in [0.2, 0.25) is 5.95 Å². The monoisotopic (exact) mass is 407 g/mol. The number of hydrogen-bond acceptors (Lipinski definition) is 8. The summed E-state index contributed by atoms with van der Waals surface area (Å²) in [6.07, 6.45) is 1.70. The van der Waals surface area contributed by atoms with Crippen LogP contribution in [0.25, 0.3) is 11.4 Å². The van der Waals surface area contributed by atoms with Crippen LogP contribution in [-0.2, 0) is 4.74 Å². The summed E-state index contributed by atoms with van der Waals surface area (Å²) in [4.78, 5) is 25.1. The van der Waals surface area contributed by atoms with Crippen molar-refractivity contribution in [2.75, 3.05) is 24.4 Å². The van der Waals surface area contributed by atoms with Gasteiger partial charge in [0.25, 0.3) is 0 Å². The SMILES string of the molecule is COC(=O)c1ccc(Nc2cc(-c3ccccn3)nc(N[C@@H](CO)C(C)C)n2)cc1. The molecule has 0 aliphatic heterocycles. The first-order valence-electron chi connectivity index (χ1n) is 9.63. The molecule has 2 heterocycles. The third-order valence-electron chi connectivity index (χ3n) is 4.55. The summed E-state index contributed by atoms with van der Waals surface area (Å²) in [5, 5.41) is 16.1. The van der Waals surface area contributed by atoms with Crippen LogP contribution in [0.1, 0.15) is 24.2 Å². The number of pyridine rings is 1. The Morgan fingerprint density at radius 3 is 2.47 bits per heavy atom. The highest BCUT2D eigenvalue weighted by Crippen LogP contribution is 2.23. The van der Waals surface area contributed by atoms with E-state index in [0.717, 1.165) is 5.69 Å². The van der Waals surface area contributed by atoms with Gasteiger partial charge in [-0.1, -0.05) is 19.9 Å². The summed E-state index contributed by atoms with van der Waals surface area (Å²) in [7, 11) is 1.35. The number of nitrogens with zero attached hydrogens (tertiary/aromatic N) is 3. The number of carbonyl (C=O) groups excluding carboxylic acids is 1. The maximum absolute atomic E-state index is 11.6. The van der Waals surface area contributed by atoms with Crippen LogP contribution in [0.15, 0.2) is 54.7 Å². The molecule has 0 aliphatic rings. The Morgan fingerprint density at radius 2 is 1.87 bits per heavy atom. The van der Waals surface area contributed by atoms with E-state index in [-0.39, 0.29) is 18.6 Å². The van der Waals surface area contributed by atoms with Gasteiger partial charge in [-0.25, -0.2) is 9.78 Å². The highest BCUT2D eigenvalue weighted by atomic mass is 16.5. The molecule has 0 saturated heterocycles. The quantitative estimate of drug-likeness (QED) is 0.487. The zero-order valence-corrected chi connectivity index (χ0v) is 17.2. The molecular formula is C22H25N5O3. The lowest BCUT2D eigenvalue weighted by atomic mass is 10.1. The van der Waals surface area contributed by atoms with Crippen LogP contribution in [0.4, 0.5) is 17.5 Å². The minimum atomic E-state index is -0.392. The molecule has 0 saturated carbocycles. The van der Waals surface area contributed by atoms with Gasteiger partial charge >= 0.3 is 5.97 Å². The Kier molecular flexibility index (Phi) is 6.92. The maximum atomic E-state index is 11.6. The second kappa shape index (κ2) is 9.80. The number of carbonyl (C=O) groups is 1. The summed E-state index contributed by atoms with van der Waals surface area (Å²) < 4.78 is 4.73. The van der Waals surface area contributed by atoms with E-state index in [1.807, 2.05) is 32.0 Å². The molecule has 0 spiro atoms. The molecule has 1 atom stereocenters. The number of aliphatic hydroxyl groups is 1. The molecule has 0 fully saturated rings. The molecule has 0 radical (unpaired) electrons. The van der Waals surface area contributed by atoms with Crippen LogP contribution < -0.4 is 10.6 Å². The molecule has 1 aromatic carbocycles. The highest BCUT2D eigenvalue weighted by molar-refractivity contribution is 5.89. The molecule has 3 aromatic rings. The van der Waals surface area contributed by atoms with Gasteiger partial charge in [-0.05, 0) is 42.3 Å². The molecule has 2 aromatic heterocycles. The van der Waals surface area contributed by atoms with E-state index in [4.69, 9.17) is 4.74 Å². The molecule has 156 valence electrons. The number of methoxy groups -OCH3 is 1. The van der Waals surface area contributed by atoms with Gasteiger partial charge in [0.05, 0.1) is 36.7 Å². The Hall–Kier alpha value is -3.52. The van der Waals surface area contributed by atoms with Gasteiger partial charge in [-0.2, -0.15) is 4.98 Å². The number of aliphatic hydroxyl groups excluding tert-OH is 1. The van der Waals surface area contributed by atoms with Gasteiger partial charge in [-0.3, -0.25) is 4.98 Å². The second-order valence-electron chi connectivity index (χ2n) is 7.05. The molecule has 8 nitrogen and oxygen atoms in total. The number of ether oxygens (including phenoxy) is 1. The van der Waals surface area contributed by atoms with E-state index in [1.165, 1.54) is 7.11 Å². The standard InChI is InChI=1S/C22H25N5O3/c1-14(2)19(13-28)26-22-25-18(17-6-4-5-11-23-17)12-20(27-22)24-16-9-7-15(8-10-16)21(29)30-3/h4-12,14,19,28H,13H2,1-3H3,(H2,24,25,26,27)/t19-/m0/s1. The number of esters is 1. The average Bonchev–Trinajstić information content (AvgIpc) is 2.77. The van der Waals surface area contributed by atoms with E-state index in [0.29, 0.717) is 28.7 Å². The van der Waals surface area contributed by atoms with Gasteiger partial charge < -0.3 is 20.5 Å². The Labute approximate surface area is 175 Å². The first kappa shape index (κ1) is 21.2. The van der Waals surface area contributed by atoms with E-state index in [1.54, 1.807) is 36.5 Å². The third-order valence-corrected chi connectivity index (χ3v) is 4.55. The Morgan fingerprint density at radius 1 is 1.10 bits per heavy atom. The first-order chi connectivity index (χ1) is 14.5. The van der Waals surface area contributed by atoms with Crippen molar-refractivity contribution in [1.29, 1.82) is 0 Å². The van der Waals surface area contributed by atoms with E-state index in [2.05, 4.69) is 25.6 Å². The normalized spacial score (nSPS) is 11.8. The summed E-state index contributed by atoms with van der Waals surface area (Å²) in [5.41, 5.74) is 2.56. The van der Waals surface area contributed by atoms with E-state index >= 15 is 0 Å². The zero-order chi connectivity index (χ0) is 21.5. The number of aromatic nitrogens is 3. The van der Waals surface area contributed by atoms with Crippen molar-refractivity contribution in [3.63, 3.8) is 0 Å². The lowest BCUT2D eigenvalue weighted by Crippen LogP contribution is -2.30. The van der Waals surface area contributed by atoms with Crippen LogP contribution >= 0.6 is 0 Å². The zero-order valence-electron chi connectivity index (χ0n) is 17.2. The van der Waals surface area contributed by atoms with Crippen molar-refractivity contribution in [1.82, 2.24) is 15.0 Å². The van der Waals surface area contributed by atoms with Crippen molar-refractivity contribution in [3.05, 3.63) is 60.3 Å². The molecule has 0 bridgehead atoms. The Bertz CT molecular complexity index is 978. The maximum Gasteiger partial charge on any atom is 0.337 e. The second-order valence-corrected chi connectivity index (χ2v) is 7.05. The van der Waals surface area contributed by atoms with Crippen LogP contribution in [0.2, 0.25) is 0 Å². The lowest BCUT2D eigenvalue weighted by molar-refractivity contribution is 0.0601. The molecular weight excluding hydrogens is 382 g/mol. The predicted octanol–water partition coefficient (Wildman–Crippen LogP) is 3.50. The fraction of sp³-hybridized carbons (Fsp3) is 0.273. The third kappa shape index (κ3) is 5.30. The van der Waals surface area contributed by atoms with Crippen LogP contribution in [-0.4, -0.2) is 45.8 Å². The molecule has 30 heavy (non-hydrogen) atoms. The molecule has 0 aliphatic carbocycles. The minimum absolute atomic E-state index is 0.0351. The molecule has 0 amide bonds. The minimum Gasteiger partial charge on any atom is -0.465 e. The number of rotatable bonds is 8. The largest absolute Gasteiger partial charge is 0.465 e. The topological polar surface area (TPSA) is 109 Å². The van der Waals surface area contributed by atoms with Crippen LogP contribution in [0.3, 0.4) is 0 Å². The first-order valence-corrected chi connectivity index (χ1v) is 9.63. The predicted molar refractivity (Wildman–Crippen MR) is 116 cm³/mol. The van der Waals surface area contributed by atoms with Crippen LogP contribution in [0.5, 0.6) is 0 Å². The highest BCUT2D eigenvalue weighted by Gasteiger charge is 2.15. The smallest absolute Gasteiger partial charge is 0.337 e. The summed E-state index contributed by atoms with van der Waals surface area (Å²) in [5.74, 6) is 0.745. The average molecular weight is 407 g/mol. The lowest BCUT2D eigenvalue weighted by Gasteiger charge is -2.20. The van der Waals surface area contributed by atoms with Gasteiger partial charge in [-0.15, -0.1) is 0 Å². The van der Waals surface area contributed by atoms with Crippen molar-refractivity contribution >= 4 is 23.4 Å². The number of anilines is 3. The van der Waals surface area contributed by atoms with Crippen molar-refractivity contribution in [2.45, 2.75) is 19.9 Å². The number of hydrogen-bond donors (Lipinski definition) is 3. The fourth-order valence-corrected chi connectivity index (χ4v) is 2.77. The van der Waals surface area contributed by atoms with Crippen molar-refractivity contribution in [3.8, 4) is 11.4 Å². The Balaban J connectivity index is 1.92. The molecule has 0 unspecified atom stereocenters. The molecule has 8 heteroatoms. The fourth-order valence-electron chi connectivity index (χ4n) is 2.77. The van der Waals surface area contributed by atoms with Crippen molar-refractivity contribution < 1.29 is 14.6 Å². The summed E-state index contributed by atoms with van der Waals surface area (Å²) >= 11 is 0. The van der Waals surface area contributed by atoms with E-state index in [9.17, 15) is 9.90 Å². The number of benzene rings is 1. The van der Waals surface area contributed by atoms with Crippen molar-refractivity contribution in [2.24, 2.45) is 5.92 Å². The van der Waals surface area contributed by atoms with Gasteiger partial charge in [0, 0.05) is 18.0 Å². The van der Waals surface area contributed by atoms with Gasteiger partial charge in [0.1, 0.15) is 5.82 Å². The van der Waals surface area contributed by atoms with E-state index < -0.39 is 5.97 Å². The number of nitrogens with one attached hydrogen (secondary N) is 2. The van der Waals surface area contributed by atoms with Crippen LogP contribution in [0, 0.1) is 5.92 Å². The molecule has 3 rings (SSSR count). The summed E-state index contributed by atoms with van der Waals surface area (Å²) in [6.45, 7) is 3.99. The van der Waals surface area contributed by atoms with Gasteiger partial charge in [0.15, 0.2) is 0 Å². The summed E-state index contributed by atoms with van der Waals surface area (Å²) in [6, 6.07) is 14.1. The molecule has 3 N–H and O–H groups in total.